The van der Waals surface area contributed by atoms with Gasteiger partial charge in [-0.2, -0.15) is 0 Å². The molecule has 1 rings (SSSR count). The van der Waals surface area contributed by atoms with Crippen molar-refractivity contribution in [2.75, 3.05) is 27.2 Å². The maximum absolute atomic E-state index is 3.25. The van der Waals surface area contributed by atoms with Gasteiger partial charge < -0.3 is 5.32 Å². The molecule has 8 heavy (non-hydrogen) atoms. The standard InChI is InChI=1S/C5H13N3/c1-8(2)7-5-3-6-4-5/h5-7H,3-4H2,1-2H3. The zero-order chi connectivity index (χ0) is 5.98. The fraction of sp³-hybridized carbons (Fsp3) is 1.00. The molecule has 2 N–H and O–H groups in total. The number of hydrazine groups is 1. The molecule has 0 atom stereocenters. The first kappa shape index (κ1) is 6.01. The van der Waals surface area contributed by atoms with Crippen molar-refractivity contribution >= 4 is 0 Å². The van der Waals surface area contributed by atoms with Crippen LogP contribution in [-0.4, -0.2) is 38.2 Å². The Bertz CT molecular complexity index is 68.1. The first-order chi connectivity index (χ1) is 3.79. The molecule has 0 bridgehead atoms. The normalized spacial score (nSPS) is 21.4. The quantitative estimate of drug-likeness (QED) is 0.453. The van der Waals surface area contributed by atoms with Gasteiger partial charge in [0.15, 0.2) is 0 Å². The van der Waals surface area contributed by atoms with E-state index >= 15 is 0 Å². The molecule has 0 aromatic carbocycles. The monoisotopic (exact) mass is 115 g/mol. The fourth-order valence-corrected chi connectivity index (χ4v) is 0.745. The Morgan fingerprint density at radius 3 is 2.25 bits per heavy atom. The number of rotatable bonds is 2. The van der Waals surface area contributed by atoms with E-state index in [4.69, 9.17) is 0 Å². The summed E-state index contributed by atoms with van der Waals surface area (Å²) in [5, 5.41) is 5.17. The van der Waals surface area contributed by atoms with Crippen molar-refractivity contribution < 1.29 is 0 Å². The summed E-state index contributed by atoms with van der Waals surface area (Å²) in [5.74, 6) is 0. The van der Waals surface area contributed by atoms with Gasteiger partial charge in [-0.05, 0) is 0 Å². The third kappa shape index (κ3) is 1.43. The van der Waals surface area contributed by atoms with Gasteiger partial charge in [0, 0.05) is 33.2 Å². The van der Waals surface area contributed by atoms with Crippen LogP contribution in [0.15, 0.2) is 0 Å². The van der Waals surface area contributed by atoms with Crippen molar-refractivity contribution in [2.45, 2.75) is 6.04 Å². The van der Waals surface area contributed by atoms with E-state index in [-0.39, 0.29) is 0 Å². The van der Waals surface area contributed by atoms with Crippen LogP contribution in [0.25, 0.3) is 0 Å². The third-order valence-electron chi connectivity index (χ3n) is 1.22. The van der Waals surface area contributed by atoms with Crippen LogP contribution in [0.4, 0.5) is 0 Å². The minimum atomic E-state index is 0.671. The molecule has 1 fully saturated rings. The van der Waals surface area contributed by atoms with Gasteiger partial charge in [0.05, 0.1) is 0 Å². The number of nitrogens with zero attached hydrogens (tertiary/aromatic N) is 1. The average Bonchev–Trinajstić information content (AvgIpc) is 1.55. The van der Waals surface area contributed by atoms with E-state index in [2.05, 4.69) is 10.7 Å². The molecule has 3 heteroatoms. The fourth-order valence-electron chi connectivity index (χ4n) is 0.745. The lowest BCUT2D eigenvalue weighted by Crippen LogP contribution is -2.58. The van der Waals surface area contributed by atoms with Crippen LogP contribution in [0.3, 0.4) is 0 Å². The first-order valence-electron chi connectivity index (χ1n) is 2.93. The van der Waals surface area contributed by atoms with Gasteiger partial charge in [-0.1, -0.05) is 0 Å². The van der Waals surface area contributed by atoms with Crippen LogP contribution in [0.2, 0.25) is 0 Å². The summed E-state index contributed by atoms with van der Waals surface area (Å²) in [6, 6.07) is 0.671. The van der Waals surface area contributed by atoms with Crippen LogP contribution in [0.5, 0.6) is 0 Å². The third-order valence-corrected chi connectivity index (χ3v) is 1.22. The Labute approximate surface area is 50.0 Å². The lowest BCUT2D eigenvalue weighted by molar-refractivity contribution is 0.199. The Balaban J connectivity index is 2.01. The number of hydrogen-bond donors (Lipinski definition) is 2. The molecule has 3 nitrogen and oxygen atoms in total. The molecule has 0 unspecified atom stereocenters. The Morgan fingerprint density at radius 2 is 2.12 bits per heavy atom. The van der Waals surface area contributed by atoms with E-state index in [0.717, 1.165) is 13.1 Å². The van der Waals surface area contributed by atoms with Crippen LogP contribution in [0, 0.1) is 0 Å². The molecule has 1 heterocycles. The summed E-state index contributed by atoms with van der Waals surface area (Å²) in [6.45, 7) is 2.22. The second-order valence-corrected chi connectivity index (χ2v) is 2.38. The molecular weight excluding hydrogens is 102 g/mol. The van der Waals surface area contributed by atoms with Gasteiger partial charge in [0.2, 0.25) is 0 Å². The van der Waals surface area contributed by atoms with Crippen molar-refractivity contribution in [3.8, 4) is 0 Å². The maximum atomic E-state index is 3.25. The zero-order valence-corrected chi connectivity index (χ0v) is 5.44. The largest absolute Gasteiger partial charge is 0.313 e. The topological polar surface area (TPSA) is 27.3 Å². The molecule has 0 amide bonds. The highest BCUT2D eigenvalue weighted by Crippen LogP contribution is 1.88. The maximum Gasteiger partial charge on any atom is 0.0464 e. The van der Waals surface area contributed by atoms with Crippen molar-refractivity contribution in [3.05, 3.63) is 0 Å². The molecule has 1 aliphatic rings. The average molecular weight is 115 g/mol. The minimum absolute atomic E-state index is 0.671. The summed E-state index contributed by atoms with van der Waals surface area (Å²) in [7, 11) is 4.02. The van der Waals surface area contributed by atoms with E-state index in [0.29, 0.717) is 6.04 Å². The Hall–Kier alpha value is -0.120. The van der Waals surface area contributed by atoms with E-state index in [1.165, 1.54) is 0 Å². The lowest BCUT2D eigenvalue weighted by Gasteiger charge is -2.30. The van der Waals surface area contributed by atoms with Crippen molar-refractivity contribution in [1.82, 2.24) is 15.8 Å². The molecule has 0 radical (unpaired) electrons. The summed E-state index contributed by atoms with van der Waals surface area (Å²) < 4.78 is 0. The minimum Gasteiger partial charge on any atom is -0.313 e. The van der Waals surface area contributed by atoms with Gasteiger partial charge >= 0.3 is 0 Å². The predicted molar refractivity (Wildman–Crippen MR) is 33.5 cm³/mol. The van der Waals surface area contributed by atoms with Gasteiger partial charge in [0.1, 0.15) is 0 Å². The Kier molecular flexibility index (Phi) is 1.83. The first-order valence-corrected chi connectivity index (χ1v) is 2.93. The van der Waals surface area contributed by atoms with Crippen molar-refractivity contribution in [2.24, 2.45) is 0 Å². The van der Waals surface area contributed by atoms with Gasteiger partial charge in [0.25, 0.3) is 0 Å². The van der Waals surface area contributed by atoms with Gasteiger partial charge in [-0.15, -0.1) is 0 Å². The molecule has 0 aromatic rings. The zero-order valence-electron chi connectivity index (χ0n) is 5.44. The van der Waals surface area contributed by atoms with Gasteiger partial charge in [-0.25, -0.2) is 0 Å². The lowest BCUT2D eigenvalue weighted by atomic mass is 10.2. The van der Waals surface area contributed by atoms with Crippen molar-refractivity contribution in [1.29, 1.82) is 0 Å². The van der Waals surface area contributed by atoms with Crippen LogP contribution in [-0.2, 0) is 0 Å². The summed E-state index contributed by atoms with van der Waals surface area (Å²) in [4.78, 5) is 0. The van der Waals surface area contributed by atoms with Gasteiger partial charge in [-0.3, -0.25) is 10.4 Å². The van der Waals surface area contributed by atoms with Crippen LogP contribution < -0.4 is 10.7 Å². The molecule has 0 aromatic heterocycles. The second kappa shape index (κ2) is 2.44. The molecular formula is C5H13N3. The number of hydrogen-bond acceptors (Lipinski definition) is 3. The molecule has 1 aliphatic heterocycles. The molecule has 48 valence electrons. The Morgan fingerprint density at radius 1 is 1.50 bits per heavy atom. The van der Waals surface area contributed by atoms with E-state index < -0.39 is 0 Å². The van der Waals surface area contributed by atoms with E-state index in [9.17, 15) is 0 Å². The molecule has 0 saturated carbocycles. The SMILES string of the molecule is CN(C)NC1CNC1. The highest BCUT2D eigenvalue weighted by atomic mass is 15.5. The van der Waals surface area contributed by atoms with Crippen LogP contribution >= 0.6 is 0 Å². The molecule has 1 saturated heterocycles. The van der Waals surface area contributed by atoms with Crippen LogP contribution in [0.1, 0.15) is 0 Å². The summed E-state index contributed by atoms with van der Waals surface area (Å²) in [6.07, 6.45) is 0. The highest BCUT2D eigenvalue weighted by Gasteiger charge is 2.15. The van der Waals surface area contributed by atoms with Crippen molar-refractivity contribution in [3.63, 3.8) is 0 Å². The second-order valence-electron chi connectivity index (χ2n) is 2.38. The molecule has 0 spiro atoms. The highest BCUT2D eigenvalue weighted by molar-refractivity contribution is 4.79. The molecule has 0 aliphatic carbocycles. The summed E-state index contributed by atoms with van der Waals surface area (Å²) in [5.41, 5.74) is 3.25. The predicted octanol–water partition coefficient (Wildman–Crippen LogP) is -0.976. The smallest absolute Gasteiger partial charge is 0.0464 e. The van der Waals surface area contributed by atoms with E-state index in [1.807, 2.05) is 19.1 Å². The summed E-state index contributed by atoms with van der Waals surface area (Å²) >= 11 is 0. The van der Waals surface area contributed by atoms with E-state index in [1.54, 1.807) is 0 Å². The number of nitrogens with one attached hydrogen (secondary N) is 2.